The van der Waals surface area contributed by atoms with Gasteiger partial charge in [0.1, 0.15) is 21.2 Å². The summed E-state index contributed by atoms with van der Waals surface area (Å²) in [5, 5.41) is 0. The Balaban J connectivity index is 2.33. The molecule has 1 unspecified atom stereocenters. The second-order valence-electron chi connectivity index (χ2n) is 4.60. The van der Waals surface area contributed by atoms with Crippen molar-refractivity contribution in [2.45, 2.75) is 25.9 Å². The molecule has 2 heterocycles. The second-order valence-corrected chi connectivity index (χ2v) is 6.86. The lowest BCUT2D eigenvalue weighted by molar-refractivity contribution is 0.573. The first kappa shape index (κ1) is 14.0. The molecule has 2 N–H and O–H groups in total. The van der Waals surface area contributed by atoms with Crippen LogP contribution in [0, 0.1) is 0 Å². The fourth-order valence-electron chi connectivity index (χ4n) is 2.09. The Bertz CT molecular complexity index is 678. The highest BCUT2D eigenvalue weighted by atomic mass is 32.2. The minimum atomic E-state index is -3.01. The highest BCUT2D eigenvalue weighted by Gasteiger charge is 2.17. The topological polar surface area (TPSA) is 90.9 Å². The fourth-order valence-corrected chi connectivity index (χ4v) is 2.77. The zero-order valence-electron chi connectivity index (χ0n) is 11.1. The van der Waals surface area contributed by atoms with Crippen molar-refractivity contribution in [2.75, 3.05) is 12.0 Å². The van der Waals surface area contributed by atoms with E-state index in [9.17, 15) is 8.42 Å². The van der Waals surface area contributed by atoms with Gasteiger partial charge in [0.25, 0.3) is 0 Å². The largest absolute Gasteiger partial charge is 0.327 e. The third-order valence-corrected chi connectivity index (χ3v) is 4.00. The van der Waals surface area contributed by atoms with Gasteiger partial charge in [-0.3, -0.25) is 4.98 Å². The summed E-state index contributed by atoms with van der Waals surface area (Å²) in [6, 6.07) is 1.50. The van der Waals surface area contributed by atoms with Gasteiger partial charge in [-0.05, 0) is 19.4 Å². The van der Waals surface area contributed by atoms with Crippen molar-refractivity contribution < 1.29 is 8.42 Å². The Kier molecular flexibility index (Phi) is 3.86. The van der Waals surface area contributed by atoms with E-state index in [1.54, 1.807) is 12.4 Å². The van der Waals surface area contributed by atoms with E-state index >= 15 is 0 Å². The number of rotatable bonds is 5. The van der Waals surface area contributed by atoms with Crippen molar-refractivity contribution in [2.24, 2.45) is 5.73 Å². The van der Waals surface area contributed by atoms with Crippen LogP contribution >= 0.6 is 0 Å². The molecule has 2 aromatic rings. The number of sulfone groups is 1. The van der Waals surface area contributed by atoms with Crippen LogP contribution in [0.5, 0.6) is 0 Å². The number of hydrogen-bond donors (Lipinski definition) is 1. The summed E-state index contributed by atoms with van der Waals surface area (Å²) < 4.78 is 24.4. The lowest BCUT2D eigenvalue weighted by Gasteiger charge is -2.12. The van der Waals surface area contributed by atoms with Crippen LogP contribution in [0.2, 0.25) is 0 Å². The summed E-state index contributed by atoms with van der Waals surface area (Å²) in [5.41, 5.74) is 7.83. The molecule has 19 heavy (non-hydrogen) atoms. The molecular formula is C12H18N4O2S. The Morgan fingerprint density at radius 3 is 2.84 bits per heavy atom. The molecule has 0 aliphatic heterocycles. The molecule has 0 saturated carbocycles. The Morgan fingerprint density at radius 1 is 1.47 bits per heavy atom. The van der Waals surface area contributed by atoms with Crippen LogP contribution in [0.15, 0.2) is 18.5 Å². The van der Waals surface area contributed by atoms with E-state index < -0.39 is 9.84 Å². The van der Waals surface area contributed by atoms with Gasteiger partial charge < -0.3 is 10.3 Å². The molecule has 0 aliphatic rings. The normalized spacial score (nSPS) is 13.8. The summed E-state index contributed by atoms with van der Waals surface area (Å²) in [4.78, 5) is 8.50. The number of nitrogens with zero attached hydrogens (tertiary/aromatic N) is 3. The molecule has 0 spiro atoms. The van der Waals surface area contributed by atoms with Gasteiger partial charge >= 0.3 is 0 Å². The van der Waals surface area contributed by atoms with Crippen molar-refractivity contribution in [1.82, 2.24) is 14.5 Å². The number of hydrogen-bond acceptors (Lipinski definition) is 5. The summed E-state index contributed by atoms with van der Waals surface area (Å²) in [6.45, 7) is 2.75. The molecule has 0 fully saturated rings. The average molecular weight is 282 g/mol. The van der Waals surface area contributed by atoms with Gasteiger partial charge in [0.05, 0.1) is 23.5 Å². The highest BCUT2D eigenvalue weighted by Crippen LogP contribution is 2.21. The zero-order valence-corrected chi connectivity index (χ0v) is 11.9. The zero-order chi connectivity index (χ0) is 14.0. The van der Waals surface area contributed by atoms with Gasteiger partial charge in [-0.2, -0.15) is 0 Å². The SMILES string of the molecule is CCn1c(C(N)CCS(C)(=O)=O)nc2cnccc21. The molecule has 104 valence electrons. The van der Waals surface area contributed by atoms with Crippen LogP contribution in [0.4, 0.5) is 0 Å². The lowest BCUT2D eigenvalue weighted by atomic mass is 10.2. The lowest BCUT2D eigenvalue weighted by Crippen LogP contribution is -2.19. The second kappa shape index (κ2) is 5.26. The van der Waals surface area contributed by atoms with E-state index in [2.05, 4.69) is 9.97 Å². The van der Waals surface area contributed by atoms with E-state index in [0.717, 1.165) is 17.6 Å². The van der Waals surface area contributed by atoms with E-state index in [1.165, 1.54) is 6.26 Å². The molecule has 7 heteroatoms. The molecule has 0 radical (unpaired) electrons. The molecule has 6 nitrogen and oxygen atoms in total. The van der Waals surface area contributed by atoms with Gasteiger partial charge in [-0.15, -0.1) is 0 Å². The number of aromatic nitrogens is 3. The third kappa shape index (κ3) is 3.10. The smallest absolute Gasteiger partial charge is 0.147 e. The first-order valence-corrected chi connectivity index (χ1v) is 8.22. The maximum Gasteiger partial charge on any atom is 0.147 e. The van der Waals surface area contributed by atoms with Crippen LogP contribution in [-0.4, -0.2) is 35.0 Å². The summed E-state index contributed by atoms with van der Waals surface area (Å²) in [5.74, 6) is 0.786. The molecular weight excluding hydrogens is 264 g/mol. The minimum absolute atomic E-state index is 0.0688. The molecule has 0 amide bonds. The number of pyridine rings is 1. The van der Waals surface area contributed by atoms with Crippen LogP contribution in [0.3, 0.4) is 0 Å². The number of nitrogens with two attached hydrogens (primary N) is 1. The molecule has 1 atom stereocenters. The Morgan fingerprint density at radius 2 is 2.21 bits per heavy atom. The van der Waals surface area contributed by atoms with E-state index in [-0.39, 0.29) is 11.8 Å². The number of fused-ring (bicyclic) bond motifs is 1. The van der Waals surface area contributed by atoms with Crippen molar-refractivity contribution in [1.29, 1.82) is 0 Å². The first-order chi connectivity index (χ1) is 8.92. The maximum atomic E-state index is 11.2. The molecule has 2 rings (SSSR count). The maximum absolute atomic E-state index is 11.2. The third-order valence-electron chi connectivity index (χ3n) is 3.03. The fraction of sp³-hybridized carbons (Fsp3) is 0.500. The molecule has 0 bridgehead atoms. The van der Waals surface area contributed by atoms with Crippen molar-refractivity contribution in [3.05, 3.63) is 24.3 Å². The summed E-state index contributed by atoms with van der Waals surface area (Å²) >= 11 is 0. The van der Waals surface area contributed by atoms with E-state index in [4.69, 9.17) is 5.73 Å². The van der Waals surface area contributed by atoms with Crippen LogP contribution in [0.25, 0.3) is 11.0 Å². The monoisotopic (exact) mass is 282 g/mol. The Hall–Kier alpha value is -1.47. The molecule has 0 aliphatic carbocycles. The Labute approximate surface area is 112 Å². The highest BCUT2D eigenvalue weighted by molar-refractivity contribution is 7.90. The minimum Gasteiger partial charge on any atom is -0.327 e. The van der Waals surface area contributed by atoms with Gasteiger partial charge in [0.2, 0.25) is 0 Å². The van der Waals surface area contributed by atoms with Crippen LogP contribution in [0.1, 0.15) is 25.2 Å². The predicted octanol–water partition coefficient (Wildman–Crippen LogP) is 0.886. The average Bonchev–Trinajstić information content (AvgIpc) is 2.73. The molecule has 0 saturated heterocycles. The van der Waals surface area contributed by atoms with Gasteiger partial charge in [-0.25, -0.2) is 13.4 Å². The standard InChI is InChI=1S/C12H18N4O2S/c1-3-16-11-4-6-14-8-10(11)15-12(16)9(13)5-7-19(2,17)18/h4,6,8-9H,3,5,7,13H2,1-2H3. The van der Waals surface area contributed by atoms with E-state index in [0.29, 0.717) is 12.2 Å². The number of imidazole rings is 1. The van der Waals surface area contributed by atoms with Crippen LogP contribution < -0.4 is 5.73 Å². The van der Waals surface area contributed by atoms with Crippen molar-refractivity contribution >= 4 is 20.9 Å². The van der Waals surface area contributed by atoms with Gasteiger partial charge in [-0.1, -0.05) is 0 Å². The van der Waals surface area contributed by atoms with E-state index in [1.807, 2.05) is 17.6 Å². The van der Waals surface area contributed by atoms with Crippen molar-refractivity contribution in [3.63, 3.8) is 0 Å². The molecule has 0 aromatic carbocycles. The van der Waals surface area contributed by atoms with Gasteiger partial charge in [0, 0.05) is 19.0 Å². The predicted molar refractivity (Wildman–Crippen MR) is 74.5 cm³/mol. The van der Waals surface area contributed by atoms with Gasteiger partial charge in [0.15, 0.2) is 0 Å². The number of aryl methyl sites for hydroxylation is 1. The summed E-state index contributed by atoms with van der Waals surface area (Å²) in [7, 11) is -3.01. The quantitative estimate of drug-likeness (QED) is 0.879. The summed E-state index contributed by atoms with van der Waals surface area (Å²) in [6.07, 6.45) is 4.98. The first-order valence-electron chi connectivity index (χ1n) is 6.16. The molecule has 2 aromatic heterocycles. The van der Waals surface area contributed by atoms with Crippen LogP contribution in [-0.2, 0) is 16.4 Å². The van der Waals surface area contributed by atoms with Crippen molar-refractivity contribution in [3.8, 4) is 0 Å².